The predicted octanol–water partition coefficient (Wildman–Crippen LogP) is 7.68. The Morgan fingerprint density at radius 3 is 2.07 bits per heavy atom. The first-order valence-electron chi connectivity index (χ1n) is 15.5. The highest BCUT2D eigenvalue weighted by atomic mass is 35.5. The standard InChI is InChI=1S/C38H39ClO6/c1-4-41-33-18-15-28(16-19-33)21-31-22-32(17-20-34(31)39)38-36(43-24-30-13-9-6-10-14-30)26(2)35(37(45-38,25-44-38)27(3)40)42-23-29-11-7-5-8-12-29/h5-20,22,26,35-36H,4,21,23-25H2,1-3H3/t26-,35-,36+,37+,38-/m0/s1. The second-order valence-electron chi connectivity index (χ2n) is 11.9. The number of hydrogen-bond donors (Lipinski definition) is 0. The summed E-state index contributed by atoms with van der Waals surface area (Å²) in [6.07, 6.45) is -0.587. The molecule has 0 spiro atoms. The smallest absolute Gasteiger partial charge is 0.223 e. The van der Waals surface area contributed by atoms with E-state index in [4.69, 9.17) is 35.3 Å². The largest absolute Gasteiger partial charge is 0.494 e. The summed E-state index contributed by atoms with van der Waals surface area (Å²) in [5.41, 5.74) is 3.49. The minimum atomic E-state index is -1.34. The third kappa shape index (κ3) is 6.31. The molecule has 2 aliphatic rings. The van der Waals surface area contributed by atoms with Gasteiger partial charge in [-0.3, -0.25) is 4.79 Å². The number of benzene rings is 4. The van der Waals surface area contributed by atoms with E-state index in [9.17, 15) is 4.79 Å². The van der Waals surface area contributed by atoms with Crippen LogP contribution in [-0.4, -0.2) is 36.8 Å². The second kappa shape index (κ2) is 13.5. The van der Waals surface area contributed by atoms with Gasteiger partial charge in [-0.25, -0.2) is 0 Å². The lowest BCUT2D eigenvalue weighted by Crippen LogP contribution is -2.64. The molecule has 4 aromatic rings. The second-order valence-corrected chi connectivity index (χ2v) is 12.3. The fourth-order valence-corrected chi connectivity index (χ4v) is 6.70. The summed E-state index contributed by atoms with van der Waals surface area (Å²) >= 11 is 6.76. The summed E-state index contributed by atoms with van der Waals surface area (Å²) in [7, 11) is 0. The summed E-state index contributed by atoms with van der Waals surface area (Å²) in [6.45, 7) is 6.92. The summed E-state index contributed by atoms with van der Waals surface area (Å²) < 4.78 is 32.4. The highest BCUT2D eigenvalue weighted by Crippen LogP contribution is 2.54. The van der Waals surface area contributed by atoms with Crippen LogP contribution < -0.4 is 4.74 Å². The van der Waals surface area contributed by atoms with Crippen LogP contribution in [0.4, 0.5) is 0 Å². The number of carbonyl (C=O) groups is 1. The van der Waals surface area contributed by atoms with Crippen molar-refractivity contribution < 1.29 is 28.5 Å². The molecular formula is C38H39ClO6. The van der Waals surface area contributed by atoms with Crippen molar-refractivity contribution in [2.75, 3.05) is 13.2 Å². The Morgan fingerprint density at radius 2 is 1.47 bits per heavy atom. The molecule has 0 aliphatic carbocycles. The van der Waals surface area contributed by atoms with Gasteiger partial charge in [-0.15, -0.1) is 0 Å². The monoisotopic (exact) mass is 626 g/mol. The van der Waals surface area contributed by atoms with Gasteiger partial charge in [0.25, 0.3) is 0 Å². The van der Waals surface area contributed by atoms with Crippen LogP contribution in [0.5, 0.6) is 5.75 Å². The number of carbonyl (C=O) groups excluding carboxylic acids is 1. The fourth-order valence-electron chi connectivity index (χ4n) is 6.52. The molecule has 5 atom stereocenters. The average Bonchev–Trinajstić information content (AvgIpc) is 3.43. The molecule has 0 aromatic heterocycles. The van der Waals surface area contributed by atoms with E-state index < -0.39 is 23.6 Å². The van der Waals surface area contributed by atoms with E-state index in [2.05, 4.69) is 6.92 Å². The van der Waals surface area contributed by atoms with E-state index >= 15 is 0 Å². The van der Waals surface area contributed by atoms with Crippen LogP contribution in [0.15, 0.2) is 103 Å². The first-order chi connectivity index (χ1) is 21.8. The number of Topliss-reactive ketones (excluding diaryl/α,β-unsaturated/α-hetero) is 1. The lowest BCUT2D eigenvalue weighted by molar-refractivity contribution is -0.323. The average molecular weight is 627 g/mol. The van der Waals surface area contributed by atoms with Crippen molar-refractivity contribution >= 4 is 17.4 Å². The fraction of sp³-hybridized carbons (Fsp3) is 0.342. The van der Waals surface area contributed by atoms with Crippen LogP contribution in [0.2, 0.25) is 5.02 Å². The van der Waals surface area contributed by atoms with Gasteiger partial charge in [0.05, 0.1) is 26.4 Å². The zero-order valence-corrected chi connectivity index (χ0v) is 26.7. The van der Waals surface area contributed by atoms with Crippen molar-refractivity contribution in [1.82, 2.24) is 0 Å². The third-order valence-corrected chi connectivity index (χ3v) is 9.21. The molecule has 6 rings (SSSR count). The van der Waals surface area contributed by atoms with Gasteiger partial charge in [0.1, 0.15) is 18.0 Å². The summed E-state index contributed by atoms with van der Waals surface area (Å²) in [4.78, 5) is 13.5. The third-order valence-electron chi connectivity index (χ3n) is 8.84. The topological polar surface area (TPSA) is 63.2 Å². The van der Waals surface area contributed by atoms with Crippen LogP contribution in [-0.2, 0) is 49.2 Å². The molecule has 2 saturated heterocycles. The molecule has 2 fully saturated rings. The van der Waals surface area contributed by atoms with E-state index in [0.717, 1.165) is 33.6 Å². The van der Waals surface area contributed by atoms with Gasteiger partial charge < -0.3 is 23.7 Å². The first-order valence-corrected chi connectivity index (χ1v) is 15.9. The maximum Gasteiger partial charge on any atom is 0.223 e. The highest BCUT2D eigenvalue weighted by Gasteiger charge is 2.69. The molecule has 0 radical (unpaired) electrons. The Kier molecular flexibility index (Phi) is 9.41. The summed E-state index contributed by atoms with van der Waals surface area (Å²) in [5, 5.41) is 0.634. The molecule has 0 N–H and O–H groups in total. The van der Waals surface area contributed by atoms with Crippen molar-refractivity contribution in [3.8, 4) is 5.75 Å². The maximum absolute atomic E-state index is 13.5. The Balaban J connectivity index is 1.36. The van der Waals surface area contributed by atoms with Crippen LogP contribution in [0.3, 0.4) is 0 Å². The number of rotatable bonds is 12. The number of ketones is 1. The minimum Gasteiger partial charge on any atom is -0.494 e. The highest BCUT2D eigenvalue weighted by molar-refractivity contribution is 6.31. The van der Waals surface area contributed by atoms with Crippen LogP contribution in [0, 0.1) is 5.92 Å². The van der Waals surface area contributed by atoms with Crippen molar-refractivity contribution in [2.24, 2.45) is 5.92 Å². The normalized spacial score (nSPS) is 25.6. The van der Waals surface area contributed by atoms with Gasteiger partial charge in [0.15, 0.2) is 11.4 Å². The van der Waals surface area contributed by atoms with Gasteiger partial charge in [-0.1, -0.05) is 97.4 Å². The maximum atomic E-state index is 13.5. The quantitative estimate of drug-likeness (QED) is 0.161. The number of fused-ring (bicyclic) bond motifs is 2. The van der Waals surface area contributed by atoms with Crippen LogP contribution in [0.25, 0.3) is 0 Å². The molecule has 4 aromatic carbocycles. The van der Waals surface area contributed by atoms with Crippen molar-refractivity contribution in [2.45, 2.75) is 64.0 Å². The molecule has 6 nitrogen and oxygen atoms in total. The van der Waals surface area contributed by atoms with Gasteiger partial charge in [0, 0.05) is 16.5 Å². The van der Waals surface area contributed by atoms with Crippen LogP contribution >= 0.6 is 11.6 Å². The number of ether oxygens (including phenoxy) is 5. The summed E-state index contributed by atoms with van der Waals surface area (Å²) in [6, 6.07) is 33.7. The van der Waals surface area contributed by atoms with E-state index in [1.807, 2.05) is 110 Å². The molecule has 2 bridgehead atoms. The molecule has 2 aliphatic heterocycles. The van der Waals surface area contributed by atoms with Gasteiger partial charge >= 0.3 is 0 Å². The Labute approximate surface area is 270 Å². The minimum absolute atomic E-state index is 0.0498. The van der Waals surface area contributed by atoms with Crippen LogP contribution in [0.1, 0.15) is 48.6 Å². The summed E-state index contributed by atoms with van der Waals surface area (Å²) in [5.74, 6) is -0.917. The molecular weight excluding hydrogens is 588 g/mol. The lowest BCUT2D eigenvalue weighted by Gasteiger charge is -2.49. The first kappa shape index (κ1) is 31.5. The number of hydrogen-bond acceptors (Lipinski definition) is 6. The molecule has 0 saturated carbocycles. The lowest BCUT2D eigenvalue weighted by atomic mass is 9.76. The van der Waals surface area contributed by atoms with Crippen molar-refractivity contribution in [3.63, 3.8) is 0 Å². The molecule has 7 heteroatoms. The zero-order valence-electron chi connectivity index (χ0n) is 25.9. The van der Waals surface area contributed by atoms with Gasteiger partial charge in [-0.2, -0.15) is 0 Å². The van der Waals surface area contributed by atoms with E-state index in [0.29, 0.717) is 31.3 Å². The number of halogens is 1. The predicted molar refractivity (Wildman–Crippen MR) is 173 cm³/mol. The van der Waals surface area contributed by atoms with E-state index in [1.54, 1.807) is 6.92 Å². The Hall–Kier alpha value is -3.52. The SMILES string of the molecule is CCOc1ccc(Cc2cc([C@]34OC[C@](C(C)=O)(O3)[C@@H](OCc3ccccc3)[C@H](C)[C@H]4OCc3ccccc3)ccc2Cl)cc1. The zero-order chi connectivity index (χ0) is 31.4. The Bertz CT molecular complexity index is 1590. The molecule has 45 heavy (non-hydrogen) atoms. The van der Waals surface area contributed by atoms with Gasteiger partial charge in [0.2, 0.25) is 5.79 Å². The molecule has 0 amide bonds. The van der Waals surface area contributed by atoms with E-state index in [1.165, 1.54) is 0 Å². The van der Waals surface area contributed by atoms with Crippen molar-refractivity contribution in [1.29, 1.82) is 0 Å². The molecule has 234 valence electrons. The van der Waals surface area contributed by atoms with Gasteiger partial charge in [-0.05, 0) is 66.8 Å². The Morgan fingerprint density at radius 1 is 0.844 bits per heavy atom. The van der Waals surface area contributed by atoms with Crippen molar-refractivity contribution in [3.05, 3.63) is 136 Å². The molecule has 2 heterocycles. The van der Waals surface area contributed by atoms with E-state index in [-0.39, 0.29) is 18.3 Å². The molecule has 0 unspecified atom stereocenters.